The molecule has 0 fully saturated rings. The lowest BCUT2D eigenvalue weighted by molar-refractivity contribution is -0.118. The van der Waals surface area contributed by atoms with Crippen LogP contribution in [-0.4, -0.2) is 24.7 Å². The number of rotatable bonds is 5. The van der Waals surface area contributed by atoms with Crippen LogP contribution in [0, 0.1) is 0 Å². The molecule has 0 aliphatic carbocycles. The number of halogens is 1. The van der Waals surface area contributed by atoms with Crippen molar-refractivity contribution in [3.05, 3.63) is 47.5 Å². The molecule has 0 radical (unpaired) electrons. The monoisotopic (exact) mass is 307 g/mol. The van der Waals surface area contributed by atoms with Crippen LogP contribution in [0.25, 0.3) is 0 Å². The molecule has 0 bridgehead atoms. The van der Waals surface area contributed by atoms with Gasteiger partial charge in [-0.05, 0) is 30.3 Å². The highest BCUT2D eigenvalue weighted by molar-refractivity contribution is 6.32. The molecule has 0 spiro atoms. The van der Waals surface area contributed by atoms with E-state index in [2.05, 4.69) is 5.32 Å². The van der Waals surface area contributed by atoms with E-state index < -0.39 is 0 Å². The maximum atomic E-state index is 11.8. The topological polar surface area (TPSA) is 67.8 Å². The van der Waals surface area contributed by atoms with Gasteiger partial charge in [-0.1, -0.05) is 23.7 Å². The van der Waals surface area contributed by atoms with Crippen LogP contribution in [0.4, 0.5) is 5.69 Å². The van der Waals surface area contributed by atoms with E-state index in [-0.39, 0.29) is 24.0 Å². The minimum absolute atomic E-state index is 0.0159. The predicted molar refractivity (Wildman–Crippen MR) is 80.2 cm³/mol. The zero-order valence-electron chi connectivity index (χ0n) is 11.3. The van der Waals surface area contributed by atoms with E-state index in [0.29, 0.717) is 16.5 Å². The Morgan fingerprint density at radius 1 is 1.24 bits per heavy atom. The van der Waals surface area contributed by atoms with Gasteiger partial charge in [-0.25, -0.2) is 0 Å². The maximum absolute atomic E-state index is 11.8. The first-order valence-electron chi connectivity index (χ1n) is 6.14. The first-order valence-corrected chi connectivity index (χ1v) is 6.52. The second kappa shape index (κ2) is 6.85. The Morgan fingerprint density at radius 3 is 2.67 bits per heavy atom. The molecule has 110 valence electrons. The second-order valence-corrected chi connectivity index (χ2v) is 4.56. The van der Waals surface area contributed by atoms with E-state index in [1.165, 1.54) is 13.2 Å². The van der Waals surface area contributed by atoms with Gasteiger partial charge in [-0.2, -0.15) is 0 Å². The first-order chi connectivity index (χ1) is 10.1. The third kappa shape index (κ3) is 4.03. The molecule has 1 amide bonds. The van der Waals surface area contributed by atoms with Crippen molar-refractivity contribution in [3.63, 3.8) is 0 Å². The standard InChI is InChI=1S/C15H14ClNO4/c1-20-13-7-6-10(8-11(13)16)17-15(19)9-21-14-5-3-2-4-12(14)18/h2-8,18H,9H2,1H3,(H,17,19). The lowest BCUT2D eigenvalue weighted by Gasteiger charge is -2.09. The molecule has 0 saturated heterocycles. The summed E-state index contributed by atoms with van der Waals surface area (Å²) in [6, 6.07) is 11.3. The summed E-state index contributed by atoms with van der Waals surface area (Å²) in [5.41, 5.74) is 0.534. The van der Waals surface area contributed by atoms with Crippen molar-refractivity contribution in [2.75, 3.05) is 19.0 Å². The lowest BCUT2D eigenvalue weighted by Crippen LogP contribution is -2.20. The summed E-state index contributed by atoms with van der Waals surface area (Å²) < 4.78 is 10.3. The van der Waals surface area contributed by atoms with Crippen LogP contribution in [0.3, 0.4) is 0 Å². The van der Waals surface area contributed by atoms with E-state index in [1.807, 2.05) is 0 Å². The number of ether oxygens (including phenoxy) is 2. The molecule has 6 heteroatoms. The summed E-state index contributed by atoms with van der Waals surface area (Å²) in [6.45, 7) is -0.221. The van der Waals surface area contributed by atoms with Gasteiger partial charge in [0.15, 0.2) is 18.1 Å². The lowest BCUT2D eigenvalue weighted by atomic mass is 10.3. The van der Waals surface area contributed by atoms with Gasteiger partial charge in [-0.15, -0.1) is 0 Å². The molecule has 0 aromatic heterocycles. The van der Waals surface area contributed by atoms with E-state index in [4.69, 9.17) is 21.1 Å². The molecule has 0 aliphatic heterocycles. The summed E-state index contributed by atoms with van der Waals surface area (Å²) in [5.74, 6) is 0.401. The summed E-state index contributed by atoms with van der Waals surface area (Å²) >= 11 is 5.97. The van der Waals surface area contributed by atoms with Crippen molar-refractivity contribution < 1.29 is 19.4 Å². The number of benzene rings is 2. The van der Waals surface area contributed by atoms with Crippen molar-refractivity contribution in [1.82, 2.24) is 0 Å². The SMILES string of the molecule is COc1ccc(NC(=O)COc2ccccc2O)cc1Cl. The predicted octanol–water partition coefficient (Wildman–Crippen LogP) is 3.07. The number of phenolic OH excluding ortho intramolecular Hbond substituents is 1. The van der Waals surface area contributed by atoms with E-state index in [0.717, 1.165) is 0 Å². The fourth-order valence-corrected chi connectivity index (χ4v) is 1.92. The molecule has 2 rings (SSSR count). The number of para-hydroxylation sites is 2. The van der Waals surface area contributed by atoms with Crippen molar-refractivity contribution in [2.45, 2.75) is 0 Å². The highest BCUT2D eigenvalue weighted by Gasteiger charge is 2.08. The van der Waals surface area contributed by atoms with Gasteiger partial charge in [0.2, 0.25) is 0 Å². The van der Waals surface area contributed by atoms with Crippen LogP contribution >= 0.6 is 11.6 Å². The number of amides is 1. The second-order valence-electron chi connectivity index (χ2n) is 4.15. The Bertz CT molecular complexity index is 645. The molecule has 0 atom stereocenters. The normalized spacial score (nSPS) is 10.0. The number of carbonyl (C=O) groups is 1. The Morgan fingerprint density at radius 2 is 2.00 bits per heavy atom. The third-order valence-corrected chi connectivity index (χ3v) is 2.95. The Labute approximate surface area is 127 Å². The maximum Gasteiger partial charge on any atom is 0.262 e. The van der Waals surface area contributed by atoms with Gasteiger partial charge < -0.3 is 19.9 Å². The number of nitrogens with one attached hydrogen (secondary N) is 1. The smallest absolute Gasteiger partial charge is 0.262 e. The van der Waals surface area contributed by atoms with Crippen LogP contribution < -0.4 is 14.8 Å². The fraction of sp³-hybridized carbons (Fsp3) is 0.133. The van der Waals surface area contributed by atoms with Crippen molar-refractivity contribution in [2.24, 2.45) is 0 Å². The van der Waals surface area contributed by atoms with E-state index >= 15 is 0 Å². The molecule has 0 unspecified atom stereocenters. The van der Waals surface area contributed by atoms with Gasteiger partial charge in [0.05, 0.1) is 12.1 Å². The van der Waals surface area contributed by atoms with Gasteiger partial charge in [-0.3, -0.25) is 4.79 Å². The molecule has 2 aromatic carbocycles. The van der Waals surface area contributed by atoms with Crippen LogP contribution in [-0.2, 0) is 4.79 Å². The summed E-state index contributed by atoms with van der Waals surface area (Å²) in [4.78, 5) is 11.8. The largest absolute Gasteiger partial charge is 0.504 e. The first kappa shape index (κ1) is 15.0. The molecule has 0 heterocycles. The molecule has 2 N–H and O–H groups in total. The zero-order valence-corrected chi connectivity index (χ0v) is 12.1. The Hall–Kier alpha value is -2.40. The van der Waals surface area contributed by atoms with Crippen molar-refractivity contribution in [3.8, 4) is 17.2 Å². The number of hydrogen-bond acceptors (Lipinski definition) is 4. The number of aromatic hydroxyl groups is 1. The molecule has 0 saturated carbocycles. The fourth-order valence-electron chi connectivity index (χ4n) is 1.66. The summed E-state index contributed by atoms with van der Waals surface area (Å²) in [5, 5.41) is 12.6. The number of carbonyl (C=O) groups excluding carboxylic acids is 1. The molecular weight excluding hydrogens is 294 g/mol. The van der Waals surface area contributed by atoms with E-state index in [1.54, 1.807) is 36.4 Å². The highest BCUT2D eigenvalue weighted by Crippen LogP contribution is 2.27. The number of hydrogen-bond donors (Lipinski definition) is 2. The molecule has 21 heavy (non-hydrogen) atoms. The van der Waals surface area contributed by atoms with Crippen LogP contribution in [0.1, 0.15) is 0 Å². The van der Waals surface area contributed by atoms with Gasteiger partial charge in [0, 0.05) is 5.69 Å². The van der Waals surface area contributed by atoms with Crippen LogP contribution in [0.5, 0.6) is 17.2 Å². The van der Waals surface area contributed by atoms with Crippen LogP contribution in [0.2, 0.25) is 5.02 Å². The quantitative estimate of drug-likeness (QED) is 0.891. The Kier molecular flexibility index (Phi) is 4.90. The van der Waals surface area contributed by atoms with Crippen molar-refractivity contribution in [1.29, 1.82) is 0 Å². The molecular formula is C15H14ClNO4. The minimum Gasteiger partial charge on any atom is -0.504 e. The van der Waals surface area contributed by atoms with Gasteiger partial charge in [0.1, 0.15) is 5.75 Å². The highest BCUT2D eigenvalue weighted by atomic mass is 35.5. The van der Waals surface area contributed by atoms with E-state index in [9.17, 15) is 9.90 Å². The molecule has 0 aliphatic rings. The number of methoxy groups -OCH3 is 1. The average molecular weight is 308 g/mol. The number of anilines is 1. The zero-order chi connectivity index (χ0) is 15.2. The van der Waals surface area contributed by atoms with Gasteiger partial charge in [0.25, 0.3) is 5.91 Å². The summed E-state index contributed by atoms with van der Waals surface area (Å²) in [7, 11) is 1.51. The van der Waals surface area contributed by atoms with Crippen LogP contribution in [0.15, 0.2) is 42.5 Å². The summed E-state index contributed by atoms with van der Waals surface area (Å²) in [6.07, 6.45) is 0. The van der Waals surface area contributed by atoms with Gasteiger partial charge >= 0.3 is 0 Å². The number of phenols is 1. The Balaban J connectivity index is 1.93. The molecule has 2 aromatic rings. The van der Waals surface area contributed by atoms with Crippen molar-refractivity contribution >= 4 is 23.2 Å². The molecule has 5 nitrogen and oxygen atoms in total. The average Bonchev–Trinajstić information content (AvgIpc) is 2.46. The third-order valence-electron chi connectivity index (χ3n) is 2.66. The minimum atomic E-state index is -0.362.